The topological polar surface area (TPSA) is 85.0 Å². The third-order valence-electron chi connectivity index (χ3n) is 6.93. The monoisotopic (exact) mass is 489 g/mol. The van der Waals surface area contributed by atoms with Gasteiger partial charge in [-0.1, -0.05) is 12.1 Å². The van der Waals surface area contributed by atoms with Gasteiger partial charge in [0.1, 0.15) is 0 Å². The second-order valence-corrected chi connectivity index (χ2v) is 9.69. The number of hydrazine groups is 1. The van der Waals surface area contributed by atoms with Crippen LogP contribution in [0.1, 0.15) is 58.5 Å². The maximum atomic E-state index is 13.2. The van der Waals surface area contributed by atoms with Gasteiger partial charge in [0.05, 0.1) is 11.3 Å². The zero-order chi connectivity index (χ0) is 26.0. The lowest BCUT2D eigenvalue weighted by Crippen LogP contribution is -2.41. The molecule has 2 aliphatic heterocycles. The fourth-order valence-electron chi connectivity index (χ4n) is 4.83. The summed E-state index contributed by atoms with van der Waals surface area (Å²) in [6.07, 6.45) is 1.92. The van der Waals surface area contributed by atoms with Gasteiger partial charge in [-0.2, -0.15) is 0 Å². The van der Waals surface area contributed by atoms with Gasteiger partial charge in [0.25, 0.3) is 11.8 Å². The highest BCUT2D eigenvalue weighted by atomic mass is 16.2. The average Bonchev–Trinajstić information content (AvgIpc) is 3.18. The second kappa shape index (κ2) is 10.6. The number of amides is 2. The zero-order valence-electron chi connectivity index (χ0n) is 21.7. The van der Waals surface area contributed by atoms with Crippen molar-refractivity contribution in [2.75, 3.05) is 46.1 Å². The smallest absolute Gasteiger partial charge is 0.268 e. The predicted molar refractivity (Wildman–Crippen MR) is 142 cm³/mol. The summed E-state index contributed by atoms with van der Waals surface area (Å²) in [7, 11) is 5.80. The zero-order valence-corrected chi connectivity index (χ0v) is 21.7. The molecule has 2 heterocycles. The molecule has 2 aromatic rings. The number of nitrogens with one attached hydrogen (secondary N) is 2. The Labute approximate surface area is 212 Å². The van der Waals surface area contributed by atoms with E-state index in [1.54, 1.807) is 40.3 Å². The van der Waals surface area contributed by atoms with E-state index in [1.165, 1.54) is 6.92 Å². The summed E-state index contributed by atoms with van der Waals surface area (Å²) in [6.45, 7) is 5.97. The molecule has 2 amide bonds. The van der Waals surface area contributed by atoms with Crippen LogP contribution in [0.4, 0.5) is 5.69 Å². The highest BCUT2D eigenvalue weighted by molar-refractivity contribution is 6.36. The Morgan fingerprint density at radius 2 is 1.64 bits per heavy atom. The standard InChI is InChI=1S/C28H35N5O3/c1-6-33(31(3)4)28(36)20-9-7-19(8-10-20)26(29-22-13-15-32(5)16-14-22)25-23-17-21(18(2)34)11-12-24(23)30-27(25)35/h7-12,17,22,29H,6,13-16H2,1-5H3,(H,30,35). The molecule has 0 bridgehead atoms. The van der Waals surface area contributed by atoms with Crippen molar-refractivity contribution < 1.29 is 14.4 Å². The number of likely N-dealkylation sites (tertiary alicyclic amines) is 1. The molecule has 1 saturated heterocycles. The van der Waals surface area contributed by atoms with E-state index in [1.807, 2.05) is 33.2 Å². The SMILES string of the molecule is CCN(C(=O)c1ccc(C(NC2CCN(C)CC2)=C2C(=O)Nc3ccc(C(C)=O)cc32)cc1)N(C)C. The number of benzene rings is 2. The van der Waals surface area contributed by atoms with Crippen LogP contribution in [-0.4, -0.2) is 79.3 Å². The van der Waals surface area contributed by atoms with Gasteiger partial charge in [-0.05, 0) is 82.7 Å². The summed E-state index contributed by atoms with van der Waals surface area (Å²) < 4.78 is 0. The summed E-state index contributed by atoms with van der Waals surface area (Å²) in [5, 5.41) is 10.0. The lowest BCUT2D eigenvalue weighted by molar-refractivity contribution is -0.110. The van der Waals surface area contributed by atoms with Gasteiger partial charge in [0.2, 0.25) is 0 Å². The van der Waals surface area contributed by atoms with E-state index in [0.29, 0.717) is 34.5 Å². The third-order valence-corrected chi connectivity index (χ3v) is 6.93. The number of ketones is 1. The molecular formula is C28H35N5O3. The maximum absolute atomic E-state index is 13.2. The normalized spacial score (nSPS) is 17.6. The third kappa shape index (κ3) is 5.20. The number of nitrogens with zero attached hydrogens (tertiary/aromatic N) is 3. The minimum absolute atomic E-state index is 0.0504. The van der Waals surface area contributed by atoms with Crippen LogP contribution in [0.15, 0.2) is 42.5 Å². The van der Waals surface area contributed by atoms with Crippen molar-refractivity contribution >= 4 is 34.6 Å². The second-order valence-electron chi connectivity index (χ2n) is 9.69. The van der Waals surface area contributed by atoms with Gasteiger partial charge in [0, 0.05) is 49.1 Å². The Balaban J connectivity index is 1.77. The number of hydrogen-bond acceptors (Lipinski definition) is 6. The first kappa shape index (κ1) is 25.6. The van der Waals surface area contributed by atoms with Gasteiger partial charge in [0.15, 0.2) is 5.78 Å². The molecule has 8 heteroatoms. The number of anilines is 1. The summed E-state index contributed by atoms with van der Waals surface area (Å²) in [6, 6.07) is 12.9. The number of Topliss-reactive ketones (excluding diaryl/α,β-unsaturated/α-hetero) is 1. The van der Waals surface area contributed by atoms with E-state index in [2.05, 4.69) is 22.6 Å². The lowest BCUT2D eigenvalue weighted by atomic mass is 9.95. The van der Waals surface area contributed by atoms with E-state index in [-0.39, 0.29) is 23.6 Å². The Morgan fingerprint density at radius 1 is 1.03 bits per heavy atom. The molecule has 0 saturated carbocycles. The fraction of sp³-hybridized carbons (Fsp3) is 0.393. The van der Waals surface area contributed by atoms with Crippen LogP contribution in [0.3, 0.4) is 0 Å². The molecule has 0 aromatic heterocycles. The number of carbonyl (C=O) groups excluding carboxylic acids is 3. The van der Waals surface area contributed by atoms with Crippen molar-refractivity contribution in [3.05, 3.63) is 64.7 Å². The van der Waals surface area contributed by atoms with Crippen molar-refractivity contribution in [1.82, 2.24) is 20.2 Å². The number of rotatable bonds is 7. The Bertz CT molecular complexity index is 1190. The lowest BCUT2D eigenvalue weighted by Gasteiger charge is -2.31. The number of carbonyl (C=O) groups is 3. The summed E-state index contributed by atoms with van der Waals surface area (Å²) in [5.41, 5.74) is 4.62. The molecule has 0 radical (unpaired) electrons. The Morgan fingerprint density at radius 3 is 2.22 bits per heavy atom. The van der Waals surface area contributed by atoms with Crippen molar-refractivity contribution in [1.29, 1.82) is 0 Å². The van der Waals surface area contributed by atoms with E-state index >= 15 is 0 Å². The predicted octanol–water partition coefficient (Wildman–Crippen LogP) is 3.33. The summed E-state index contributed by atoms with van der Waals surface area (Å²) in [4.78, 5) is 40.6. The molecule has 0 aliphatic carbocycles. The molecule has 0 atom stereocenters. The van der Waals surface area contributed by atoms with Gasteiger partial charge in [-0.15, -0.1) is 0 Å². The maximum Gasteiger partial charge on any atom is 0.268 e. The van der Waals surface area contributed by atoms with Crippen molar-refractivity contribution in [2.45, 2.75) is 32.7 Å². The fourth-order valence-corrected chi connectivity index (χ4v) is 4.83. The molecular weight excluding hydrogens is 454 g/mol. The first-order chi connectivity index (χ1) is 17.2. The van der Waals surface area contributed by atoms with Crippen molar-refractivity contribution in [2.24, 2.45) is 0 Å². The van der Waals surface area contributed by atoms with Crippen LogP contribution in [0, 0.1) is 0 Å². The number of hydrogen-bond donors (Lipinski definition) is 2. The van der Waals surface area contributed by atoms with Crippen LogP contribution in [0.2, 0.25) is 0 Å². The molecule has 190 valence electrons. The van der Waals surface area contributed by atoms with Crippen LogP contribution < -0.4 is 10.6 Å². The molecule has 8 nitrogen and oxygen atoms in total. The van der Waals surface area contributed by atoms with E-state index in [9.17, 15) is 14.4 Å². The quantitative estimate of drug-likeness (QED) is 0.353. The Kier molecular flexibility index (Phi) is 7.56. The van der Waals surface area contributed by atoms with Gasteiger partial charge < -0.3 is 15.5 Å². The average molecular weight is 490 g/mol. The first-order valence-electron chi connectivity index (χ1n) is 12.4. The molecule has 4 rings (SSSR count). The largest absolute Gasteiger partial charge is 0.381 e. The van der Waals surface area contributed by atoms with E-state index < -0.39 is 0 Å². The highest BCUT2D eigenvalue weighted by Gasteiger charge is 2.30. The van der Waals surface area contributed by atoms with E-state index in [4.69, 9.17) is 0 Å². The molecule has 0 spiro atoms. The molecule has 2 aromatic carbocycles. The van der Waals surface area contributed by atoms with Gasteiger partial charge >= 0.3 is 0 Å². The minimum Gasteiger partial charge on any atom is -0.381 e. The molecule has 36 heavy (non-hydrogen) atoms. The summed E-state index contributed by atoms with van der Waals surface area (Å²) in [5.74, 6) is -0.335. The van der Waals surface area contributed by atoms with Crippen LogP contribution >= 0.6 is 0 Å². The number of piperidine rings is 1. The van der Waals surface area contributed by atoms with Crippen molar-refractivity contribution in [3.63, 3.8) is 0 Å². The minimum atomic E-state index is -0.203. The molecule has 1 fully saturated rings. The summed E-state index contributed by atoms with van der Waals surface area (Å²) >= 11 is 0. The van der Waals surface area contributed by atoms with Gasteiger partial charge in [-0.25, -0.2) is 5.01 Å². The van der Waals surface area contributed by atoms with Crippen LogP contribution in [0.5, 0.6) is 0 Å². The molecule has 2 aliphatic rings. The number of fused-ring (bicyclic) bond motifs is 1. The molecule has 2 N–H and O–H groups in total. The highest BCUT2D eigenvalue weighted by Crippen LogP contribution is 2.37. The van der Waals surface area contributed by atoms with E-state index in [0.717, 1.165) is 37.2 Å². The van der Waals surface area contributed by atoms with Crippen LogP contribution in [0.25, 0.3) is 11.3 Å². The first-order valence-corrected chi connectivity index (χ1v) is 12.4. The van der Waals surface area contributed by atoms with Crippen molar-refractivity contribution in [3.8, 4) is 0 Å². The molecule has 0 unspecified atom stereocenters. The van der Waals surface area contributed by atoms with Crippen LogP contribution in [-0.2, 0) is 4.79 Å². The Hall–Kier alpha value is -3.49. The van der Waals surface area contributed by atoms with Gasteiger partial charge in [-0.3, -0.25) is 19.4 Å².